The Hall–Kier alpha value is -4.07. The molecular formula is C27H22F3NO4. The highest BCUT2D eigenvalue weighted by Gasteiger charge is 2.47. The van der Waals surface area contributed by atoms with Crippen molar-refractivity contribution >= 4 is 23.1 Å². The molecule has 1 N–H and O–H groups in total. The number of methoxy groups -OCH3 is 1. The second-order valence-electron chi connectivity index (χ2n) is 8.31. The van der Waals surface area contributed by atoms with Crippen LogP contribution in [0.5, 0.6) is 5.75 Å². The standard InChI is InChI=1S/C27H22F3NO4/c1-15-5-4-6-17(13-15)23-22(24(32)21-12-11-20(35-3)14-16(21)2)25(33)26(34)31(23)19-9-7-18(8-10-19)27(28,29)30/h4-14,23,32H,1-3H3/b24-22-. The zero-order valence-electron chi connectivity index (χ0n) is 19.2. The fourth-order valence-electron chi connectivity index (χ4n) is 4.24. The molecule has 1 unspecified atom stereocenters. The molecule has 8 heteroatoms. The van der Waals surface area contributed by atoms with Gasteiger partial charge in [-0.3, -0.25) is 14.5 Å². The van der Waals surface area contributed by atoms with Crippen LogP contribution in [0.3, 0.4) is 0 Å². The van der Waals surface area contributed by atoms with E-state index in [1.807, 2.05) is 13.0 Å². The van der Waals surface area contributed by atoms with E-state index in [1.54, 1.807) is 43.3 Å². The van der Waals surface area contributed by atoms with Gasteiger partial charge < -0.3 is 9.84 Å². The second-order valence-corrected chi connectivity index (χ2v) is 8.31. The smallest absolute Gasteiger partial charge is 0.416 e. The Morgan fingerprint density at radius 1 is 0.971 bits per heavy atom. The molecule has 180 valence electrons. The number of hydrogen-bond donors (Lipinski definition) is 1. The third-order valence-electron chi connectivity index (χ3n) is 5.96. The first-order chi connectivity index (χ1) is 16.5. The Morgan fingerprint density at radius 3 is 2.23 bits per heavy atom. The van der Waals surface area contributed by atoms with Crippen molar-refractivity contribution in [1.82, 2.24) is 0 Å². The lowest BCUT2D eigenvalue weighted by atomic mass is 9.93. The molecule has 0 saturated carbocycles. The van der Waals surface area contributed by atoms with Crippen LogP contribution in [0, 0.1) is 13.8 Å². The summed E-state index contributed by atoms with van der Waals surface area (Å²) in [6, 6.07) is 14.9. The van der Waals surface area contributed by atoms with Crippen LogP contribution in [0.1, 0.15) is 33.9 Å². The molecule has 5 nitrogen and oxygen atoms in total. The number of carbonyl (C=O) groups is 2. The van der Waals surface area contributed by atoms with Crippen molar-refractivity contribution in [2.45, 2.75) is 26.1 Å². The van der Waals surface area contributed by atoms with Gasteiger partial charge in [0, 0.05) is 11.3 Å². The van der Waals surface area contributed by atoms with Gasteiger partial charge in [-0.15, -0.1) is 0 Å². The van der Waals surface area contributed by atoms with Gasteiger partial charge in [-0.2, -0.15) is 13.2 Å². The van der Waals surface area contributed by atoms with E-state index in [2.05, 4.69) is 0 Å². The molecule has 1 amide bonds. The molecule has 0 aliphatic carbocycles. The van der Waals surface area contributed by atoms with Crippen LogP contribution in [0.25, 0.3) is 5.76 Å². The van der Waals surface area contributed by atoms with Crippen molar-refractivity contribution in [3.8, 4) is 5.75 Å². The molecule has 0 aromatic heterocycles. The summed E-state index contributed by atoms with van der Waals surface area (Å²) >= 11 is 0. The molecule has 1 heterocycles. The highest BCUT2D eigenvalue weighted by Crippen LogP contribution is 2.43. The van der Waals surface area contributed by atoms with Gasteiger partial charge in [0.2, 0.25) is 0 Å². The predicted octanol–water partition coefficient (Wildman–Crippen LogP) is 5.96. The molecule has 0 bridgehead atoms. The molecule has 4 rings (SSSR count). The molecule has 3 aromatic rings. The number of halogens is 3. The number of nitrogens with zero attached hydrogens (tertiary/aromatic N) is 1. The van der Waals surface area contributed by atoms with Crippen molar-refractivity contribution in [1.29, 1.82) is 0 Å². The van der Waals surface area contributed by atoms with Gasteiger partial charge >= 0.3 is 6.18 Å². The van der Waals surface area contributed by atoms with E-state index in [-0.39, 0.29) is 17.0 Å². The fourth-order valence-corrected chi connectivity index (χ4v) is 4.24. The summed E-state index contributed by atoms with van der Waals surface area (Å²) in [5.41, 5.74) is 1.43. The van der Waals surface area contributed by atoms with Crippen LogP contribution in [0.2, 0.25) is 0 Å². The van der Waals surface area contributed by atoms with Gasteiger partial charge in [0.25, 0.3) is 11.7 Å². The Labute approximate surface area is 200 Å². The van der Waals surface area contributed by atoms with E-state index >= 15 is 0 Å². The van der Waals surface area contributed by atoms with Crippen LogP contribution < -0.4 is 9.64 Å². The van der Waals surface area contributed by atoms with Gasteiger partial charge in [0.1, 0.15) is 11.5 Å². The van der Waals surface area contributed by atoms with Crippen molar-refractivity contribution in [3.63, 3.8) is 0 Å². The lowest BCUT2D eigenvalue weighted by Crippen LogP contribution is -2.29. The number of aliphatic hydroxyl groups is 1. The zero-order valence-corrected chi connectivity index (χ0v) is 19.2. The summed E-state index contributed by atoms with van der Waals surface area (Å²) in [7, 11) is 1.50. The van der Waals surface area contributed by atoms with E-state index in [9.17, 15) is 27.9 Å². The highest BCUT2D eigenvalue weighted by atomic mass is 19.4. The first kappa shape index (κ1) is 24.1. The van der Waals surface area contributed by atoms with Crippen molar-refractivity contribution in [2.24, 2.45) is 0 Å². The molecule has 0 radical (unpaired) electrons. The summed E-state index contributed by atoms with van der Waals surface area (Å²) in [6.45, 7) is 3.56. The number of aryl methyl sites for hydroxylation is 2. The van der Waals surface area contributed by atoms with Crippen molar-refractivity contribution < 1.29 is 32.6 Å². The van der Waals surface area contributed by atoms with Gasteiger partial charge in [-0.25, -0.2) is 0 Å². The molecule has 1 atom stereocenters. The number of anilines is 1. The van der Waals surface area contributed by atoms with E-state index in [0.717, 1.165) is 34.7 Å². The summed E-state index contributed by atoms with van der Waals surface area (Å²) < 4.78 is 44.5. The Morgan fingerprint density at radius 2 is 1.66 bits per heavy atom. The monoisotopic (exact) mass is 481 g/mol. The molecular weight excluding hydrogens is 459 g/mol. The molecule has 1 saturated heterocycles. The Balaban J connectivity index is 1.92. The minimum atomic E-state index is -4.55. The average Bonchev–Trinajstić information content (AvgIpc) is 3.08. The van der Waals surface area contributed by atoms with E-state index in [1.165, 1.54) is 7.11 Å². The quantitative estimate of drug-likeness (QED) is 0.284. The van der Waals surface area contributed by atoms with Crippen LogP contribution >= 0.6 is 0 Å². The van der Waals surface area contributed by atoms with Crippen LogP contribution in [-0.4, -0.2) is 23.9 Å². The number of aliphatic hydroxyl groups excluding tert-OH is 1. The highest BCUT2D eigenvalue weighted by molar-refractivity contribution is 6.51. The normalized spacial score (nSPS) is 17.7. The molecule has 1 aliphatic rings. The van der Waals surface area contributed by atoms with E-state index in [4.69, 9.17) is 4.74 Å². The van der Waals surface area contributed by atoms with Crippen LogP contribution in [0.15, 0.2) is 72.3 Å². The summed E-state index contributed by atoms with van der Waals surface area (Å²) in [5.74, 6) is -1.68. The van der Waals surface area contributed by atoms with Crippen molar-refractivity contribution in [3.05, 3.63) is 100 Å². The summed E-state index contributed by atoms with van der Waals surface area (Å²) in [4.78, 5) is 27.5. The van der Waals surface area contributed by atoms with Gasteiger partial charge in [-0.05, 0) is 67.4 Å². The molecule has 35 heavy (non-hydrogen) atoms. The molecule has 1 aliphatic heterocycles. The van der Waals surface area contributed by atoms with Gasteiger partial charge in [-0.1, -0.05) is 29.8 Å². The number of benzene rings is 3. The lowest BCUT2D eigenvalue weighted by molar-refractivity contribution is -0.137. The molecule has 3 aromatic carbocycles. The Bertz CT molecular complexity index is 1340. The zero-order chi connectivity index (χ0) is 25.5. The average molecular weight is 481 g/mol. The number of Topliss-reactive ketones (excluding diaryl/α,β-unsaturated/α-hetero) is 1. The fraction of sp³-hybridized carbons (Fsp3) is 0.185. The van der Waals surface area contributed by atoms with Crippen LogP contribution in [0.4, 0.5) is 18.9 Å². The molecule has 0 spiro atoms. The van der Waals surface area contributed by atoms with Crippen LogP contribution in [-0.2, 0) is 15.8 Å². The second kappa shape index (κ2) is 8.94. The minimum absolute atomic E-state index is 0.108. The topological polar surface area (TPSA) is 66.8 Å². The number of rotatable bonds is 4. The first-order valence-corrected chi connectivity index (χ1v) is 10.7. The van der Waals surface area contributed by atoms with E-state index < -0.39 is 29.5 Å². The number of carbonyl (C=O) groups excluding carboxylic acids is 2. The minimum Gasteiger partial charge on any atom is -0.507 e. The van der Waals surface area contributed by atoms with E-state index in [0.29, 0.717) is 22.4 Å². The van der Waals surface area contributed by atoms with Gasteiger partial charge in [0.15, 0.2) is 0 Å². The number of alkyl halides is 3. The maximum atomic E-state index is 13.2. The number of amides is 1. The third-order valence-corrected chi connectivity index (χ3v) is 5.96. The Kier molecular flexibility index (Phi) is 6.15. The first-order valence-electron chi connectivity index (χ1n) is 10.7. The molecule has 1 fully saturated rings. The summed E-state index contributed by atoms with van der Waals surface area (Å²) in [5, 5.41) is 11.3. The number of hydrogen-bond acceptors (Lipinski definition) is 4. The maximum Gasteiger partial charge on any atom is 0.416 e. The predicted molar refractivity (Wildman–Crippen MR) is 125 cm³/mol. The lowest BCUT2D eigenvalue weighted by Gasteiger charge is -2.26. The maximum absolute atomic E-state index is 13.2. The largest absolute Gasteiger partial charge is 0.507 e. The number of ketones is 1. The van der Waals surface area contributed by atoms with Gasteiger partial charge in [0.05, 0.1) is 24.3 Å². The summed E-state index contributed by atoms with van der Waals surface area (Å²) in [6.07, 6.45) is -4.55. The third kappa shape index (κ3) is 4.39. The SMILES string of the molecule is COc1ccc(/C(O)=C2/C(=O)C(=O)N(c3ccc(C(F)(F)F)cc3)C2c2cccc(C)c2)c(C)c1. The van der Waals surface area contributed by atoms with Crippen molar-refractivity contribution in [2.75, 3.05) is 12.0 Å². The number of ether oxygens (including phenoxy) is 1.